The molecule has 26 heavy (non-hydrogen) atoms. The van der Waals surface area contributed by atoms with Gasteiger partial charge in [0.2, 0.25) is 0 Å². The molecule has 0 radical (unpaired) electrons. The van der Waals surface area contributed by atoms with Crippen LogP contribution in [0, 0.1) is 5.92 Å². The van der Waals surface area contributed by atoms with E-state index in [2.05, 4.69) is 18.8 Å². The highest BCUT2D eigenvalue weighted by Crippen LogP contribution is 2.34. The Morgan fingerprint density at radius 1 is 1.12 bits per heavy atom. The van der Waals surface area contributed by atoms with Gasteiger partial charge in [-0.05, 0) is 53.6 Å². The highest BCUT2D eigenvalue weighted by atomic mass is 32.2. The van der Waals surface area contributed by atoms with Gasteiger partial charge in [-0.25, -0.2) is 4.99 Å². The molecule has 0 atom stereocenters. The lowest BCUT2D eigenvalue weighted by Crippen LogP contribution is -2.32. The lowest BCUT2D eigenvalue weighted by Gasteiger charge is -2.17. The van der Waals surface area contributed by atoms with Crippen LogP contribution < -0.4 is 4.74 Å². The number of methoxy groups -OCH3 is 1. The molecule has 0 spiro atoms. The molecular weight excluding hydrogens is 344 g/mol. The zero-order chi connectivity index (χ0) is 18.5. The van der Waals surface area contributed by atoms with Gasteiger partial charge in [-0.15, -0.1) is 0 Å². The van der Waals surface area contributed by atoms with Gasteiger partial charge < -0.3 is 4.74 Å². The van der Waals surface area contributed by atoms with Crippen LogP contribution >= 0.6 is 11.8 Å². The minimum Gasteiger partial charge on any atom is -0.497 e. The number of rotatable bonds is 5. The molecule has 1 aliphatic heterocycles. The monoisotopic (exact) mass is 366 g/mol. The Morgan fingerprint density at radius 3 is 2.42 bits per heavy atom. The summed E-state index contributed by atoms with van der Waals surface area (Å²) in [5.41, 5.74) is 1.81. The number of benzene rings is 2. The number of aliphatic imine (C=N–C) groups is 1. The second kappa shape index (κ2) is 8.23. The number of amides is 1. The van der Waals surface area contributed by atoms with Crippen molar-refractivity contribution in [3.63, 3.8) is 0 Å². The van der Waals surface area contributed by atoms with Crippen LogP contribution in [0.1, 0.15) is 19.4 Å². The molecular formula is C21H22N2O2S. The summed E-state index contributed by atoms with van der Waals surface area (Å²) in [7, 11) is 1.64. The smallest absolute Gasteiger partial charge is 0.266 e. The van der Waals surface area contributed by atoms with Crippen molar-refractivity contribution in [3.05, 3.63) is 65.1 Å². The molecule has 0 saturated carbocycles. The number of para-hydroxylation sites is 1. The van der Waals surface area contributed by atoms with Crippen molar-refractivity contribution in [2.75, 3.05) is 13.7 Å². The zero-order valence-electron chi connectivity index (χ0n) is 15.2. The first-order valence-corrected chi connectivity index (χ1v) is 9.37. The first-order valence-electron chi connectivity index (χ1n) is 8.56. The molecule has 0 aliphatic carbocycles. The van der Waals surface area contributed by atoms with E-state index in [1.165, 1.54) is 11.8 Å². The van der Waals surface area contributed by atoms with E-state index in [9.17, 15) is 4.79 Å². The second-order valence-corrected chi connectivity index (χ2v) is 7.43. The molecule has 1 saturated heterocycles. The third-order valence-electron chi connectivity index (χ3n) is 3.83. The van der Waals surface area contributed by atoms with Gasteiger partial charge in [-0.1, -0.05) is 44.2 Å². The molecule has 0 bridgehead atoms. The van der Waals surface area contributed by atoms with E-state index in [1.54, 1.807) is 12.0 Å². The van der Waals surface area contributed by atoms with Gasteiger partial charge in [0.15, 0.2) is 5.17 Å². The van der Waals surface area contributed by atoms with Crippen molar-refractivity contribution in [3.8, 4) is 5.75 Å². The maximum Gasteiger partial charge on any atom is 0.266 e. The van der Waals surface area contributed by atoms with Crippen LogP contribution in [0.25, 0.3) is 6.08 Å². The third kappa shape index (κ3) is 4.35. The summed E-state index contributed by atoms with van der Waals surface area (Å²) in [6, 6.07) is 17.4. The maximum absolute atomic E-state index is 12.9. The minimum atomic E-state index is 0.00852. The van der Waals surface area contributed by atoms with E-state index in [4.69, 9.17) is 4.74 Å². The van der Waals surface area contributed by atoms with Gasteiger partial charge in [-0.2, -0.15) is 0 Å². The van der Waals surface area contributed by atoms with Crippen LogP contribution in [0.2, 0.25) is 0 Å². The van der Waals surface area contributed by atoms with Gasteiger partial charge >= 0.3 is 0 Å². The first-order chi connectivity index (χ1) is 12.6. The third-order valence-corrected chi connectivity index (χ3v) is 4.84. The average molecular weight is 366 g/mol. The SMILES string of the molecule is COc1ccc(/C=C2/SC(=Nc3ccccc3)N(CC(C)C)C2=O)cc1. The van der Waals surface area contributed by atoms with Gasteiger partial charge in [0.25, 0.3) is 5.91 Å². The number of ether oxygens (including phenoxy) is 1. The minimum absolute atomic E-state index is 0.00852. The molecule has 3 rings (SSSR count). The van der Waals surface area contributed by atoms with E-state index in [1.807, 2.05) is 60.7 Å². The van der Waals surface area contributed by atoms with E-state index >= 15 is 0 Å². The Morgan fingerprint density at radius 2 is 1.81 bits per heavy atom. The second-order valence-electron chi connectivity index (χ2n) is 6.42. The van der Waals surface area contributed by atoms with Crippen LogP contribution in [-0.2, 0) is 4.79 Å². The lowest BCUT2D eigenvalue weighted by molar-refractivity contribution is -0.122. The fourth-order valence-corrected chi connectivity index (χ4v) is 3.59. The summed E-state index contributed by atoms with van der Waals surface area (Å²) < 4.78 is 5.18. The van der Waals surface area contributed by atoms with Crippen molar-refractivity contribution >= 4 is 34.6 Å². The van der Waals surface area contributed by atoms with Crippen molar-refractivity contribution in [2.24, 2.45) is 10.9 Å². The quantitative estimate of drug-likeness (QED) is 0.703. The lowest BCUT2D eigenvalue weighted by atomic mass is 10.2. The van der Waals surface area contributed by atoms with E-state index in [0.29, 0.717) is 17.4 Å². The van der Waals surface area contributed by atoms with Crippen LogP contribution in [0.3, 0.4) is 0 Å². The Labute approximate surface area is 158 Å². The number of carbonyl (C=O) groups is 1. The molecule has 1 heterocycles. The Kier molecular flexibility index (Phi) is 5.78. The van der Waals surface area contributed by atoms with Gasteiger partial charge in [0.05, 0.1) is 17.7 Å². The Bertz CT molecular complexity index is 827. The fourth-order valence-electron chi connectivity index (χ4n) is 2.58. The zero-order valence-corrected chi connectivity index (χ0v) is 16.0. The maximum atomic E-state index is 12.9. The molecule has 2 aromatic carbocycles. The predicted octanol–water partition coefficient (Wildman–Crippen LogP) is 4.96. The van der Waals surface area contributed by atoms with E-state index in [-0.39, 0.29) is 5.91 Å². The number of nitrogens with zero attached hydrogens (tertiary/aromatic N) is 2. The molecule has 4 nitrogen and oxygen atoms in total. The molecule has 1 aliphatic rings. The summed E-state index contributed by atoms with van der Waals surface area (Å²) in [6.07, 6.45) is 1.91. The number of carbonyl (C=O) groups excluding carboxylic acids is 1. The normalized spacial score (nSPS) is 17.5. The van der Waals surface area contributed by atoms with Gasteiger partial charge in [0, 0.05) is 6.54 Å². The van der Waals surface area contributed by atoms with E-state index < -0.39 is 0 Å². The predicted molar refractivity (Wildman–Crippen MR) is 109 cm³/mol. The summed E-state index contributed by atoms with van der Waals surface area (Å²) >= 11 is 1.42. The summed E-state index contributed by atoms with van der Waals surface area (Å²) in [4.78, 5) is 20.0. The summed E-state index contributed by atoms with van der Waals surface area (Å²) in [5, 5.41) is 0.731. The van der Waals surface area contributed by atoms with Crippen LogP contribution in [0.4, 0.5) is 5.69 Å². The topological polar surface area (TPSA) is 41.9 Å². The van der Waals surface area contributed by atoms with E-state index in [0.717, 1.165) is 22.2 Å². The number of thioether (sulfide) groups is 1. The highest BCUT2D eigenvalue weighted by molar-refractivity contribution is 8.18. The molecule has 0 aromatic heterocycles. The number of hydrogen-bond acceptors (Lipinski definition) is 4. The highest BCUT2D eigenvalue weighted by Gasteiger charge is 2.33. The van der Waals surface area contributed by atoms with Crippen LogP contribution in [0.15, 0.2) is 64.5 Å². The summed E-state index contributed by atoms with van der Waals surface area (Å²) in [6.45, 7) is 4.85. The molecule has 134 valence electrons. The largest absolute Gasteiger partial charge is 0.497 e. The van der Waals surface area contributed by atoms with Crippen molar-refractivity contribution in [1.82, 2.24) is 4.90 Å². The molecule has 0 N–H and O–H groups in total. The Balaban J connectivity index is 1.91. The first kappa shape index (κ1) is 18.3. The molecule has 2 aromatic rings. The molecule has 0 unspecified atom stereocenters. The van der Waals surface area contributed by atoms with Crippen molar-refractivity contribution in [2.45, 2.75) is 13.8 Å². The van der Waals surface area contributed by atoms with Crippen LogP contribution in [-0.4, -0.2) is 29.6 Å². The molecule has 1 fully saturated rings. The van der Waals surface area contributed by atoms with Gasteiger partial charge in [-0.3, -0.25) is 9.69 Å². The van der Waals surface area contributed by atoms with Gasteiger partial charge in [0.1, 0.15) is 5.75 Å². The van der Waals surface area contributed by atoms with Crippen molar-refractivity contribution in [1.29, 1.82) is 0 Å². The molecule has 1 amide bonds. The van der Waals surface area contributed by atoms with Crippen LogP contribution in [0.5, 0.6) is 5.75 Å². The number of hydrogen-bond donors (Lipinski definition) is 0. The number of amidine groups is 1. The van der Waals surface area contributed by atoms with Crippen molar-refractivity contribution < 1.29 is 9.53 Å². The Hall–Kier alpha value is -2.53. The molecule has 5 heteroatoms. The average Bonchev–Trinajstić information content (AvgIpc) is 2.91. The fraction of sp³-hybridized carbons (Fsp3) is 0.238. The standard InChI is InChI=1S/C21H22N2O2S/c1-15(2)14-23-20(24)19(13-16-9-11-18(25-3)12-10-16)26-21(23)22-17-7-5-4-6-8-17/h4-13,15H,14H2,1-3H3/b19-13+,22-21?. The summed E-state index contributed by atoms with van der Waals surface area (Å²) in [5.74, 6) is 1.17.